The van der Waals surface area contributed by atoms with Crippen LogP contribution in [0.25, 0.3) is 0 Å². The number of nitrogens with zero attached hydrogens (tertiary/aromatic N) is 1. The van der Waals surface area contributed by atoms with Crippen LogP contribution in [-0.2, 0) is 11.3 Å². The maximum atomic E-state index is 10.9. The molecule has 0 amide bonds. The first kappa shape index (κ1) is 15.8. The molecule has 0 saturated heterocycles. The molecule has 0 unspecified atom stereocenters. The van der Waals surface area contributed by atoms with Gasteiger partial charge in [-0.15, -0.1) is 0 Å². The first-order chi connectivity index (χ1) is 10.0. The molecule has 1 fully saturated rings. The second-order valence-electron chi connectivity index (χ2n) is 5.81. The first-order valence-corrected chi connectivity index (χ1v) is 7.48. The fourth-order valence-electron chi connectivity index (χ4n) is 3.03. The summed E-state index contributed by atoms with van der Waals surface area (Å²) in [7, 11) is 1.68. The lowest BCUT2D eigenvalue weighted by molar-refractivity contribution is -0.142. The molecule has 0 radical (unpaired) electrons. The Balaban J connectivity index is 1.91. The van der Waals surface area contributed by atoms with Crippen LogP contribution in [-0.4, -0.2) is 29.2 Å². The molecule has 1 aromatic rings. The number of ether oxygens (including phenoxy) is 1. The molecule has 5 nitrogen and oxygen atoms in total. The summed E-state index contributed by atoms with van der Waals surface area (Å²) in [5.41, 5.74) is 3.11. The number of hydrogen-bond acceptors (Lipinski definition) is 4. The van der Waals surface area contributed by atoms with Crippen molar-refractivity contribution in [3.8, 4) is 5.75 Å². The zero-order chi connectivity index (χ0) is 15.4. The minimum atomic E-state index is -0.658. The van der Waals surface area contributed by atoms with Crippen molar-refractivity contribution in [3.05, 3.63) is 23.0 Å². The molecular formula is C16H24N2O3. The molecule has 1 aliphatic carbocycles. The number of methoxy groups -OCH3 is 1. The van der Waals surface area contributed by atoms with Crippen LogP contribution in [0, 0.1) is 19.8 Å². The van der Waals surface area contributed by atoms with Gasteiger partial charge in [0, 0.05) is 29.9 Å². The summed E-state index contributed by atoms with van der Waals surface area (Å²) in [5.74, 6) is 0.0768. The third kappa shape index (κ3) is 3.73. The number of hydrogen-bond donors (Lipinski definition) is 2. The summed E-state index contributed by atoms with van der Waals surface area (Å²) in [6.07, 6.45) is 5.19. The van der Waals surface area contributed by atoms with E-state index < -0.39 is 5.97 Å². The van der Waals surface area contributed by atoms with E-state index in [4.69, 9.17) is 9.84 Å². The van der Waals surface area contributed by atoms with Gasteiger partial charge in [-0.3, -0.25) is 9.78 Å². The highest BCUT2D eigenvalue weighted by atomic mass is 16.5. The van der Waals surface area contributed by atoms with Crippen LogP contribution in [0.15, 0.2) is 6.20 Å². The fourth-order valence-corrected chi connectivity index (χ4v) is 3.03. The van der Waals surface area contributed by atoms with Gasteiger partial charge in [0.25, 0.3) is 0 Å². The number of carboxylic acids is 1. The zero-order valence-corrected chi connectivity index (χ0v) is 13.0. The highest BCUT2D eigenvalue weighted by Crippen LogP contribution is 2.26. The Morgan fingerprint density at radius 1 is 1.38 bits per heavy atom. The molecular weight excluding hydrogens is 268 g/mol. The van der Waals surface area contributed by atoms with Crippen LogP contribution in [0.3, 0.4) is 0 Å². The summed E-state index contributed by atoms with van der Waals surface area (Å²) in [4.78, 5) is 15.4. The monoisotopic (exact) mass is 292 g/mol. The van der Waals surface area contributed by atoms with Crippen molar-refractivity contribution < 1.29 is 14.6 Å². The molecule has 5 heteroatoms. The maximum Gasteiger partial charge on any atom is 0.306 e. The topological polar surface area (TPSA) is 71.5 Å². The molecule has 1 saturated carbocycles. The van der Waals surface area contributed by atoms with Crippen LogP contribution in [0.2, 0.25) is 0 Å². The molecule has 0 atom stereocenters. The van der Waals surface area contributed by atoms with E-state index in [9.17, 15) is 4.79 Å². The van der Waals surface area contributed by atoms with Gasteiger partial charge in [-0.1, -0.05) is 0 Å². The van der Waals surface area contributed by atoms with Crippen LogP contribution >= 0.6 is 0 Å². The second kappa shape index (κ2) is 6.89. The van der Waals surface area contributed by atoms with Crippen molar-refractivity contribution >= 4 is 5.97 Å². The number of aromatic nitrogens is 1. The van der Waals surface area contributed by atoms with Gasteiger partial charge in [0.05, 0.1) is 18.7 Å². The second-order valence-corrected chi connectivity index (χ2v) is 5.81. The quantitative estimate of drug-likeness (QED) is 0.872. The SMILES string of the molecule is COc1c(C)cnc(CNC2CCC(C(=O)O)CC2)c1C. The molecule has 2 N–H and O–H groups in total. The highest BCUT2D eigenvalue weighted by Gasteiger charge is 2.25. The number of rotatable bonds is 5. The number of aryl methyl sites for hydroxylation is 1. The van der Waals surface area contributed by atoms with Crippen molar-refractivity contribution in [2.75, 3.05) is 7.11 Å². The Morgan fingerprint density at radius 3 is 2.62 bits per heavy atom. The van der Waals surface area contributed by atoms with Gasteiger partial charge < -0.3 is 15.2 Å². The Hall–Kier alpha value is -1.62. The summed E-state index contributed by atoms with van der Waals surface area (Å²) in [6, 6.07) is 0.383. The molecule has 1 aliphatic rings. The van der Waals surface area contributed by atoms with Crippen molar-refractivity contribution in [1.82, 2.24) is 10.3 Å². The lowest BCUT2D eigenvalue weighted by Gasteiger charge is -2.27. The van der Waals surface area contributed by atoms with Gasteiger partial charge in [-0.2, -0.15) is 0 Å². The molecule has 2 rings (SSSR count). The van der Waals surface area contributed by atoms with Crippen LogP contribution in [0.5, 0.6) is 5.75 Å². The minimum absolute atomic E-state index is 0.164. The molecule has 0 bridgehead atoms. The third-order valence-corrected chi connectivity index (χ3v) is 4.38. The average Bonchev–Trinajstić information content (AvgIpc) is 2.47. The Kier molecular flexibility index (Phi) is 5.17. The van der Waals surface area contributed by atoms with E-state index in [1.807, 2.05) is 20.0 Å². The van der Waals surface area contributed by atoms with Crippen LogP contribution in [0.1, 0.15) is 42.5 Å². The van der Waals surface area contributed by atoms with Crippen molar-refractivity contribution in [1.29, 1.82) is 0 Å². The van der Waals surface area contributed by atoms with Gasteiger partial charge >= 0.3 is 5.97 Å². The largest absolute Gasteiger partial charge is 0.496 e. The van der Waals surface area contributed by atoms with Crippen molar-refractivity contribution in [2.24, 2.45) is 5.92 Å². The van der Waals surface area contributed by atoms with Crippen molar-refractivity contribution in [3.63, 3.8) is 0 Å². The molecule has 21 heavy (non-hydrogen) atoms. The number of aliphatic carboxylic acids is 1. The lowest BCUT2D eigenvalue weighted by Crippen LogP contribution is -2.34. The predicted molar refractivity (Wildman–Crippen MR) is 80.5 cm³/mol. The zero-order valence-electron chi connectivity index (χ0n) is 13.0. The summed E-state index contributed by atoms with van der Waals surface area (Å²) < 4.78 is 5.42. The molecule has 1 aromatic heterocycles. The van der Waals surface area contributed by atoms with E-state index >= 15 is 0 Å². The van der Waals surface area contributed by atoms with Gasteiger partial charge in [0.2, 0.25) is 0 Å². The van der Waals surface area contributed by atoms with Crippen molar-refractivity contribution in [2.45, 2.75) is 52.1 Å². The lowest BCUT2D eigenvalue weighted by atomic mass is 9.86. The Labute approximate surface area is 125 Å². The Bertz CT molecular complexity index is 508. The molecule has 0 spiro atoms. The number of nitrogens with one attached hydrogen (secondary N) is 1. The van der Waals surface area contributed by atoms with E-state index in [1.165, 1.54) is 0 Å². The van der Waals surface area contributed by atoms with Gasteiger partial charge in [-0.25, -0.2) is 0 Å². The fraction of sp³-hybridized carbons (Fsp3) is 0.625. The van der Waals surface area contributed by atoms with E-state index in [0.29, 0.717) is 12.6 Å². The van der Waals surface area contributed by atoms with Gasteiger partial charge in [0.1, 0.15) is 5.75 Å². The smallest absolute Gasteiger partial charge is 0.306 e. The minimum Gasteiger partial charge on any atom is -0.496 e. The first-order valence-electron chi connectivity index (χ1n) is 7.48. The number of pyridine rings is 1. The molecule has 116 valence electrons. The van der Waals surface area contributed by atoms with E-state index in [2.05, 4.69) is 10.3 Å². The Morgan fingerprint density at radius 2 is 2.05 bits per heavy atom. The van der Waals surface area contributed by atoms with E-state index in [-0.39, 0.29) is 5.92 Å². The average molecular weight is 292 g/mol. The predicted octanol–water partition coefficient (Wildman–Crippen LogP) is 2.44. The summed E-state index contributed by atoms with van der Waals surface area (Å²) >= 11 is 0. The number of carbonyl (C=O) groups is 1. The molecule has 0 aromatic carbocycles. The third-order valence-electron chi connectivity index (χ3n) is 4.38. The van der Waals surface area contributed by atoms with E-state index in [0.717, 1.165) is 48.3 Å². The summed E-state index contributed by atoms with van der Waals surface area (Å²) in [5, 5.41) is 12.5. The van der Waals surface area contributed by atoms with Gasteiger partial charge in [0.15, 0.2) is 0 Å². The maximum absolute atomic E-state index is 10.9. The van der Waals surface area contributed by atoms with Crippen LogP contribution < -0.4 is 10.1 Å². The van der Waals surface area contributed by atoms with E-state index in [1.54, 1.807) is 7.11 Å². The number of carboxylic acid groups (broad SMARTS) is 1. The van der Waals surface area contributed by atoms with Gasteiger partial charge in [-0.05, 0) is 39.5 Å². The normalized spacial score (nSPS) is 22.0. The highest BCUT2D eigenvalue weighted by molar-refractivity contribution is 5.70. The van der Waals surface area contributed by atoms with Crippen LogP contribution in [0.4, 0.5) is 0 Å². The summed E-state index contributed by atoms with van der Waals surface area (Å²) in [6.45, 7) is 4.71. The standard InChI is InChI=1S/C16H24N2O3/c1-10-8-18-14(11(2)15(10)21-3)9-17-13-6-4-12(5-7-13)16(19)20/h8,12-13,17H,4-7,9H2,1-3H3,(H,19,20). The molecule has 0 aliphatic heterocycles. The molecule has 1 heterocycles.